The summed E-state index contributed by atoms with van der Waals surface area (Å²) in [6.07, 6.45) is 9.50. The lowest BCUT2D eigenvalue weighted by Crippen LogP contribution is -1.96. The summed E-state index contributed by atoms with van der Waals surface area (Å²) < 4.78 is 11.2. The van der Waals surface area contributed by atoms with E-state index >= 15 is 0 Å². The highest BCUT2D eigenvalue weighted by Gasteiger charge is 2.03. The van der Waals surface area contributed by atoms with Crippen molar-refractivity contribution >= 4 is 12.2 Å². The summed E-state index contributed by atoms with van der Waals surface area (Å²) in [6.45, 7) is 0.650. The number of oxazole rings is 1. The van der Waals surface area contributed by atoms with Gasteiger partial charge in [-0.05, 0) is 48.6 Å². The fourth-order valence-corrected chi connectivity index (χ4v) is 2.72. The van der Waals surface area contributed by atoms with Crippen LogP contribution in [0.4, 0.5) is 0 Å². The molecule has 0 radical (unpaired) electrons. The van der Waals surface area contributed by atoms with E-state index in [-0.39, 0.29) is 6.61 Å². The molecule has 3 rings (SSSR count). The number of unbranched alkanes of at least 4 members (excludes halogenated alkanes) is 2. The van der Waals surface area contributed by atoms with Gasteiger partial charge in [0.05, 0.1) is 0 Å². The van der Waals surface area contributed by atoms with E-state index in [4.69, 9.17) is 14.3 Å². The van der Waals surface area contributed by atoms with Crippen molar-refractivity contribution in [1.29, 1.82) is 0 Å². The van der Waals surface area contributed by atoms with Crippen LogP contribution in [0.2, 0.25) is 0 Å². The summed E-state index contributed by atoms with van der Waals surface area (Å²) >= 11 is 0. The number of rotatable bonds is 10. The van der Waals surface area contributed by atoms with Gasteiger partial charge in [0.2, 0.25) is 5.89 Å². The number of aliphatic hydroxyl groups is 1. The van der Waals surface area contributed by atoms with Gasteiger partial charge in [-0.25, -0.2) is 4.98 Å². The van der Waals surface area contributed by atoms with Crippen molar-refractivity contribution in [2.75, 3.05) is 6.61 Å². The molecule has 0 atom stereocenters. The zero-order valence-corrected chi connectivity index (χ0v) is 15.4. The van der Waals surface area contributed by atoms with Gasteiger partial charge in [-0.15, -0.1) is 0 Å². The second kappa shape index (κ2) is 10.3. The Hall–Kier alpha value is -2.85. The standard InChI is InChI=1S/C23H25NO3/c25-16-6-2-5-9-20-10-13-22(14-11-20)26-17-21-18-27-23(24-21)15-12-19-7-3-1-4-8-19/h1,3-4,7-8,10-15,18,25H,2,5-6,9,16-17H2/b15-12+. The Labute approximate surface area is 160 Å². The number of hydrogen-bond donors (Lipinski definition) is 1. The fraction of sp³-hybridized carbons (Fsp3) is 0.261. The molecule has 0 spiro atoms. The van der Waals surface area contributed by atoms with E-state index in [9.17, 15) is 0 Å². The topological polar surface area (TPSA) is 55.5 Å². The predicted octanol–water partition coefficient (Wildman–Crippen LogP) is 5.13. The Morgan fingerprint density at radius 1 is 0.926 bits per heavy atom. The molecule has 0 aliphatic heterocycles. The van der Waals surface area contributed by atoms with E-state index in [2.05, 4.69) is 17.1 Å². The lowest BCUT2D eigenvalue weighted by Gasteiger charge is -2.05. The van der Waals surface area contributed by atoms with Gasteiger partial charge in [0.25, 0.3) is 0 Å². The second-order valence-electron chi connectivity index (χ2n) is 6.39. The summed E-state index contributed by atoms with van der Waals surface area (Å²) in [4.78, 5) is 4.42. The van der Waals surface area contributed by atoms with Crippen molar-refractivity contribution in [3.63, 3.8) is 0 Å². The van der Waals surface area contributed by atoms with Crippen LogP contribution in [0.5, 0.6) is 5.75 Å². The summed E-state index contributed by atoms with van der Waals surface area (Å²) in [5.74, 6) is 1.38. The Morgan fingerprint density at radius 3 is 2.52 bits per heavy atom. The zero-order valence-electron chi connectivity index (χ0n) is 15.4. The van der Waals surface area contributed by atoms with Crippen LogP contribution >= 0.6 is 0 Å². The average molecular weight is 363 g/mol. The predicted molar refractivity (Wildman–Crippen MR) is 107 cm³/mol. The first-order valence-electron chi connectivity index (χ1n) is 9.33. The molecule has 0 aliphatic rings. The van der Waals surface area contributed by atoms with Crippen molar-refractivity contribution in [2.24, 2.45) is 0 Å². The maximum Gasteiger partial charge on any atom is 0.218 e. The van der Waals surface area contributed by atoms with Crippen LogP contribution in [-0.2, 0) is 13.0 Å². The average Bonchev–Trinajstić information content (AvgIpc) is 3.18. The van der Waals surface area contributed by atoms with Crippen LogP contribution in [0.3, 0.4) is 0 Å². The SMILES string of the molecule is OCCCCCc1ccc(OCc2coc(/C=C/c3ccccc3)n2)cc1. The third kappa shape index (κ3) is 6.42. The number of ether oxygens (including phenoxy) is 1. The molecule has 4 heteroatoms. The molecule has 1 aromatic heterocycles. The van der Waals surface area contributed by atoms with Crippen LogP contribution in [0.25, 0.3) is 12.2 Å². The normalized spacial score (nSPS) is 11.1. The smallest absolute Gasteiger partial charge is 0.218 e. The molecule has 0 saturated heterocycles. The minimum Gasteiger partial charge on any atom is -0.487 e. The van der Waals surface area contributed by atoms with Gasteiger partial charge in [-0.1, -0.05) is 48.9 Å². The molecule has 4 nitrogen and oxygen atoms in total. The highest BCUT2D eigenvalue weighted by atomic mass is 16.5. The molecule has 0 saturated carbocycles. The molecular weight excluding hydrogens is 338 g/mol. The van der Waals surface area contributed by atoms with E-state index in [0.717, 1.165) is 42.7 Å². The van der Waals surface area contributed by atoms with Gasteiger partial charge < -0.3 is 14.3 Å². The van der Waals surface area contributed by atoms with Gasteiger partial charge >= 0.3 is 0 Å². The van der Waals surface area contributed by atoms with E-state index in [0.29, 0.717) is 12.5 Å². The molecule has 140 valence electrons. The third-order valence-electron chi connectivity index (χ3n) is 4.22. The number of hydrogen-bond acceptors (Lipinski definition) is 4. The van der Waals surface area contributed by atoms with Crippen molar-refractivity contribution in [2.45, 2.75) is 32.3 Å². The Balaban J connectivity index is 1.46. The van der Waals surface area contributed by atoms with E-state index in [1.807, 2.05) is 54.6 Å². The largest absolute Gasteiger partial charge is 0.487 e. The van der Waals surface area contributed by atoms with Crippen LogP contribution < -0.4 is 4.74 Å². The molecule has 0 aliphatic carbocycles. The van der Waals surface area contributed by atoms with E-state index in [1.54, 1.807) is 6.26 Å². The molecule has 0 bridgehead atoms. The molecular formula is C23H25NO3. The second-order valence-corrected chi connectivity index (χ2v) is 6.39. The molecule has 0 fully saturated rings. The highest BCUT2D eigenvalue weighted by Crippen LogP contribution is 2.16. The monoisotopic (exact) mass is 363 g/mol. The van der Waals surface area contributed by atoms with Gasteiger partial charge in [0.1, 0.15) is 24.3 Å². The van der Waals surface area contributed by atoms with Crippen molar-refractivity contribution in [3.8, 4) is 5.75 Å². The van der Waals surface area contributed by atoms with Gasteiger partial charge in [0.15, 0.2) is 0 Å². The zero-order chi connectivity index (χ0) is 18.7. The molecule has 3 aromatic rings. The first kappa shape index (κ1) is 18.9. The first-order valence-corrected chi connectivity index (χ1v) is 9.33. The van der Waals surface area contributed by atoms with Gasteiger partial charge in [0, 0.05) is 12.7 Å². The number of aliphatic hydroxyl groups excluding tert-OH is 1. The summed E-state index contributed by atoms with van der Waals surface area (Å²) in [7, 11) is 0. The highest BCUT2D eigenvalue weighted by molar-refractivity contribution is 5.65. The number of aryl methyl sites for hydroxylation is 1. The molecule has 0 unspecified atom stereocenters. The van der Waals surface area contributed by atoms with Crippen LogP contribution in [0, 0.1) is 0 Å². The van der Waals surface area contributed by atoms with E-state index < -0.39 is 0 Å². The van der Waals surface area contributed by atoms with Crippen molar-refractivity contribution in [1.82, 2.24) is 4.98 Å². The minimum atomic E-state index is 0.276. The molecule has 1 heterocycles. The first-order chi connectivity index (χ1) is 13.3. The maximum atomic E-state index is 8.80. The molecule has 1 N–H and O–H groups in total. The van der Waals surface area contributed by atoms with E-state index in [1.165, 1.54) is 5.56 Å². The molecule has 2 aromatic carbocycles. The van der Waals surface area contributed by atoms with Crippen LogP contribution in [-0.4, -0.2) is 16.7 Å². The lowest BCUT2D eigenvalue weighted by atomic mass is 10.1. The van der Waals surface area contributed by atoms with Crippen molar-refractivity contribution in [3.05, 3.63) is 83.6 Å². The number of benzene rings is 2. The number of nitrogens with zero attached hydrogens (tertiary/aromatic N) is 1. The van der Waals surface area contributed by atoms with Crippen LogP contribution in [0.1, 0.15) is 42.0 Å². The summed E-state index contributed by atoms with van der Waals surface area (Å²) in [5.41, 5.74) is 3.15. The maximum absolute atomic E-state index is 8.80. The minimum absolute atomic E-state index is 0.276. The van der Waals surface area contributed by atoms with Gasteiger partial charge in [-0.3, -0.25) is 0 Å². The lowest BCUT2D eigenvalue weighted by molar-refractivity contribution is 0.283. The van der Waals surface area contributed by atoms with Gasteiger partial charge in [-0.2, -0.15) is 0 Å². The quantitative estimate of drug-likeness (QED) is 0.507. The number of aromatic nitrogens is 1. The fourth-order valence-electron chi connectivity index (χ4n) is 2.72. The molecule has 0 amide bonds. The Morgan fingerprint density at radius 2 is 1.74 bits per heavy atom. The summed E-state index contributed by atoms with van der Waals surface area (Å²) in [5, 5.41) is 8.80. The molecule has 27 heavy (non-hydrogen) atoms. The third-order valence-corrected chi connectivity index (χ3v) is 4.22. The Kier molecular flexibility index (Phi) is 7.25. The van der Waals surface area contributed by atoms with Crippen molar-refractivity contribution < 1.29 is 14.3 Å². The van der Waals surface area contributed by atoms with Crippen LogP contribution in [0.15, 0.2) is 65.3 Å². The summed E-state index contributed by atoms with van der Waals surface area (Å²) in [6, 6.07) is 18.2. The Bertz CT molecular complexity index is 822.